The number of carbonyl (C=O) groups excluding carboxylic acids is 1. The monoisotopic (exact) mass is 306 g/mol. The van der Waals surface area contributed by atoms with Crippen LogP contribution in [0.25, 0.3) is 0 Å². The Kier molecular flexibility index (Phi) is 8.67. The summed E-state index contributed by atoms with van der Waals surface area (Å²) in [6, 6.07) is 9.92. The Labute approximate surface area is 132 Å². The molecule has 0 aromatic heterocycles. The van der Waals surface area contributed by atoms with Crippen LogP contribution in [0.5, 0.6) is 0 Å². The number of hydrogen-bond donors (Lipinski definition) is 1. The van der Waals surface area contributed by atoms with Crippen LogP contribution >= 0.6 is 0 Å². The van der Waals surface area contributed by atoms with Crippen LogP contribution < -0.4 is 0 Å². The van der Waals surface area contributed by atoms with E-state index in [9.17, 15) is 4.79 Å². The van der Waals surface area contributed by atoms with Gasteiger partial charge in [0.05, 0.1) is 19.8 Å². The van der Waals surface area contributed by atoms with Gasteiger partial charge in [-0.25, -0.2) is 0 Å². The SMILES string of the molecule is C/C(=C\[C@@H](C)COCOCc1ccccc1)C(=O)[C@H](C)CO. The standard InChI is InChI=1S/C18H26O4/c1-14(9-15(2)18(20)16(3)10-19)11-21-13-22-12-17-7-5-4-6-8-17/h4-9,14,16,19H,10-13H2,1-3H3/b15-9+/t14-,16-/m1/s1. The first kappa shape index (κ1) is 18.6. The number of aliphatic hydroxyl groups is 1. The number of ketones is 1. The van der Waals surface area contributed by atoms with E-state index in [1.807, 2.05) is 43.3 Å². The number of benzene rings is 1. The maximum absolute atomic E-state index is 11.8. The van der Waals surface area contributed by atoms with Crippen molar-refractivity contribution in [2.45, 2.75) is 27.4 Å². The van der Waals surface area contributed by atoms with Gasteiger partial charge in [0.25, 0.3) is 0 Å². The van der Waals surface area contributed by atoms with Crippen molar-refractivity contribution in [2.75, 3.05) is 20.0 Å². The second-order valence-corrected chi connectivity index (χ2v) is 5.60. The van der Waals surface area contributed by atoms with Crippen LogP contribution in [0.4, 0.5) is 0 Å². The summed E-state index contributed by atoms with van der Waals surface area (Å²) in [5.74, 6) is -0.247. The number of rotatable bonds is 10. The average Bonchev–Trinajstić information content (AvgIpc) is 2.53. The minimum absolute atomic E-state index is 0.0188. The lowest BCUT2D eigenvalue weighted by atomic mass is 9.98. The Morgan fingerprint density at radius 3 is 2.55 bits per heavy atom. The molecule has 0 fully saturated rings. The highest BCUT2D eigenvalue weighted by atomic mass is 16.7. The van der Waals surface area contributed by atoms with Gasteiger partial charge in [-0.05, 0) is 24.0 Å². The fourth-order valence-electron chi connectivity index (χ4n) is 2.06. The molecule has 0 amide bonds. The zero-order chi connectivity index (χ0) is 16.4. The molecule has 0 heterocycles. The van der Waals surface area contributed by atoms with Crippen LogP contribution in [0.2, 0.25) is 0 Å². The molecule has 122 valence electrons. The van der Waals surface area contributed by atoms with Crippen molar-refractivity contribution in [1.82, 2.24) is 0 Å². The highest BCUT2D eigenvalue weighted by molar-refractivity contribution is 5.96. The summed E-state index contributed by atoms with van der Waals surface area (Å²) < 4.78 is 10.9. The Balaban J connectivity index is 2.22. The first-order chi connectivity index (χ1) is 10.5. The smallest absolute Gasteiger partial charge is 0.163 e. The second kappa shape index (κ2) is 10.3. The summed E-state index contributed by atoms with van der Waals surface area (Å²) in [5.41, 5.74) is 1.78. The van der Waals surface area contributed by atoms with E-state index in [4.69, 9.17) is 14.6 Å². The fraction of sp³-hybridized carbons (Fsp3) is 0.500. The van der Waals surface area contributed by atoms with Gasteiger partial charge in [0.15, 0.2) is 5.78 Å². The van der Waals surface area contributed by atoms with Crippen molar-refractivity contribution in [1.29, 1.82) is 0 Å². The Morgan fingerprint density at radius 1 is 1.23 bits per heavy atom. The van der Waals surface area contributed by atoms with Gasteiger partial charge in [0.1, 0.15) is 6.79 Å². The van der Waals surface area contributed by atoms with Gasteiger partial charge < -0.3 is 14.6 Å². The van der Waals surface area contributed by atoms with Gasteiger partial charge >= 0.3 is 0 Å². The maximum Gasteiger partial charge on any atom is 0.163 e. The van der Waals surface area contributed by atoms with Gasteiger partial charge in [-0.15, -0.1) is 0 Å². The summed E-state index contributed by atoms with van der Waals surface area (Å²) >= 11 is 0. The average molecular weight is 306 g/mol. The maximum atomic E-state index is 11.8. The number of allylic oxidation sites excluding steroid dienone is 1. The van der Waals surface area contributed by atoms with Gasteiger partial charge in [-0.2, -0.15) is 0 Å². The van der Waals surface area contributed by atoms with Crippen LogP contribution in [0.1, 0.15) is 26.3 Å². The molecule has 0 spiro atoms. The number of carbonyl (C=O) groups is 1. The summed E-state index contributed by atoms with van der Waals surface area (Å²) in [4.78, 5) is 11.8. The van der Waals surface area contributed by atoms with Gasteiger partial charge in [0.2, 0.25) is 0 Å². The Hall–Kier alpha value is -1.49. The first-order valence-corrected chi connectivity index (χ1v) is 7.57. The quantitative estimate of drug-likeness (QED) is 0.410. The molecule has 0 aliphatic carbocycles. The van der Waals surface area contributed by atoms with Crippen LogP contribution in [0.3, 0.4) is 0 Å². The largest absolute Gasteiger partial charge is 0.396 e. The summed E-state index contributed by atoms with van der Waals surface area (Å²) in [7, 11) is 0. The van der Waals surface area contributed by atoms with E-state index in [1.54, 1.807) is 13.8 Å². The predicted molar refractivity (Wildman–Crippen MR) is 86.2 cm³/mol. The molecule has 0 radical (unpaired) electrons. The Morgan fingerprint density at radius 2 is 1.91 bits per heavy atom. The molecule has 1 N–H and O–H groups in total. The van der Waals surface area contributed by atoms with Gasteiger partial charge in [0, 0.05) is 5.92 Å². The van der Waals surface area contributed by atoms with Gasteiger partial charge in [-0.1, -0.05) is 50.3 Å². The molecule has 0 unspecified atom stereocenters. The fourth-order valence-corrected chi connectivity index (χ4v) is 2.06. The van der Waals surface area contributed by atoms with Crippen molar-refractivity contribution in [3.8, 4) is 0 Å². The molecule has 22 heavy (non-hydrogen) atoms. The summed E-state index contributed by atoms with van der Waals surface area (Å²) in [6.45, 7) is 6.60. The van der Waals surface area contributed by atoms with E-state index >= 15 is 0 Å². The lowest BCUT2D eigenvalue weighted by molar-refractivity contribution is -0.119. The van der Waals surface area contributed by atoms with Crippen molar-refractivity contribution in [3.05, 3.63) is 47.5 Å². The minimum atomic E-state index is -0.349. The number of aliphatic hydroxyl groups excluding tert-OH is 1. The minimum Gasteiger partial charge on any atom is -0.396 e. The number of ether oxygens (including phenoxy) is 2. The predicted octanol–water partition coefficient (Wildman–Crippen LogP) is 2.96. The van der Waals surface area contributed by atoms with E-state index in [0.717, 1.165) is 5.56 Å². The zero-order valence-corrected chi connectivity index (χ0v) is 13.6. The molecule has 4 heteroatoms. The van der Waals surface area contributed by atoms with E-state index in [-0.39, 0.29) is 31.0 Å². The zero-order valence-electron chi connectivity index (χ0n) is 13.6. The molecule has 1 aromatic carbocycles. The van der Waals surface area contributed by atoms with Gasteiger partial charge in [-0.3, -0.25) is 4.79 Å². The van der Waals surface area contributed by atoms with Crippen molar-refractivity contribution >= 4 is 5.78 Å². The van der Waals surface area contributed by atoms with E-state index < -0.39 is 0 Å². The van der Waals surface area contributed by atoms with E-state index in [1.165, 1.54) is 0 Å². The second-order valence-electron chi connectivity index (χ2n) is 5.60. The molecule has 0 aliphatic heterocycles. The molecule has 0 saturated heterocycles. The number of hydrogen-bond acceptors (Lipinski definition) is 4. The lowest BCUT2D eigenvalue weighted by Gasteiger charge is -2.11. The molecule has 1 aromatic rings. The van der Waals surface area contributed by atoms with Crippen LogP contribution in [-0.2, 0) is 20.9 Å². The normalized spacial score (nSPS) is 14.6. The summed E-state index contributed by atoms with van der Waals surface area (Å²) in [5, 5.41) is 8.99. The highest BCUT2D eigenvalue weighted by Crippen LogP contribution is 2.10. The van der Waals surface area contributed by atoms with Crippen LogP contribution in [0.15, 0.2) is 42.0 Å². The van der Waals surface area contributed by atoms with Crippen LogP contribution in [0, 0.1) is 11.8 Å². The molecule has 4 nitrogen and oxygen atoms in total. The third-order valence-corrected chi connectivity index (χ3v) is 3.30. The van der Waals surface area contributed by atoms with Crippen molar-refractivity contribution < 1.29 is 19.4 Å². The molecule has 1 rings (SSSR count). The van der Waals surface area contributed by atoms with Crippen LogP contribution in [-0.4, -0.2) is 30.9 Å². The molecular formula is C18H26O4. The molecule has 2 atom stereocenters. The topological polar surface area (TPSA) is 55.8 Å². The molecule has 0 saturated carbocycles. The Bertz CT molecular complexity index is 467. The highest BCUT2D eigenvalue weighted by Gasteiger charge is 2.14. The number of Topliss-reactive ketones (excluding diaryl/α,β-unsaturated/α-hetero) is 1. The summed E-state index contributed by atoms with van der Waals surface area (Å²) in [6.07, 6.45) is 1.88. The van der Waals surface area contributed by atoms with Crippen molar-refractivity contribution in [2.24, 2.45) is 11.8 Å². The first-order valence-electron chi connectivity index (χ1n) is 7.57. The third-order valence-electron chi connectivity index (χ3n) is 3.30. The lowest BCUT2D eigenvalue weighted by Crippen LogP contribution is -2.17. The molecule has 0 bridgehead atoms. The van der Waals surface area contributed by atoms with E-state index in [0.29, 0.717) is 18.8 Å². The van der Waals surface area contributed by atoms with Crippen molar-refractivity contribution in [3.63, 3.8) is 0 Å². The molecular weight excluding hydrogens is 280 g/mol. The van der Waals surface area contributed by atoms with E-state index in [2.05, 4.69) is 0 Å². The third kappa shape index (κ3) is 6.98. The molecule has 0 aliphatic rings.